The molecule has 1 aliphatic carbocycles. The molecule has 1 aromatic heterocycles. The molecule has 1 heterocycles. The summed E-state index contributed by atoms with van der Waals surface area (Å²) in [5.41, 5.74) is 3.98. The second kappa shape index (κ2) is 4.91. The number of hydrogen-bond acceptors (Lipinski definition) is 2. The van der Waals surface area contributed by atoms with E-state index in [1.165, 1.54) is 16.8 Å². The molecule has 108 valence electrons. The Hall–Kier alpha value is -2.75. The third-order valence-electron chi connectivity index (χ3n) is 4.00. The lowest BCUT2D eigenvalue weighted by Gasteiger charge is -2.19. The van der Waals surface area contributed by atoms with E-state index >= 15 is 0 Å². The van der Waals surface area contributed by atoms with Crippen LogP contribution in [0.4, 0.5) is 4.39 Å². The van der Waals surface area contributed by atoms with Gasteiger partial charge in [0, 0.05) is 11.6 Å². The highest BCUT2D eigenvalue weighted by molar-refractivity contribution is 5.69. The Labute approximate surface area is 126 Å². The summed E-state index contributed by atoms with van der Waals surface area (Å²) in [4.78, 5) is 12.3. The van der Waals surface area contributed by atoms with Crippen LogP contribution in [0, 0.1) is 5.82 Å². The van der Waals surface area contributed by atoms with Gasteiger partial charge in [0.1, 0.15) is 5.82 Å². The average molecular weight is 292 g/mol. The first-order valence-electron chi connectivity index (χ1n) is 7.20. The molecule has 4 heteroatoms. The van der Waals surface area contributed by atoms with Crippen molar-refractivity contribution in [2.45, 2.75) is 12.8 Å². The predicted octanol–water partition coefficient (Wildman–Crippen LogP) is 3.14. The zero-order valence-electron chi connectivity index (χ0n) is 11.8. The molecule has 4 rings (SSSR count). The Morgan fingerprint density at radius 3 is 2.55 bits per heavy atom. The summed E-state index contributed by atoms with van der Waals surface area (Å²) in [5, 5.41) is 4.50. The van der Waals surface area contributed by atoms with Crippen LogP contribution >= 0.6 is 0 Å². The normalized spacial score (nSPS) is 12.6. The molecular weight excluding hydrogens is 279 g/mol. The van der Waals surface area contributed by atoms with Crippen LogP contribution in [-0.2, 0) is 12.8 Å². The van der Waals surface area contributed by atoms with Gasteiger partial charge in [-0.15, -0.1) is 0 Å². The zero-order valence-corrected chi connectivity index (χ0v) is 11.8. The molecule has 0 amide bonds. The highest BCUT2D eigenvalue weighted by atomic mass is 19.1. The monoisotopic (exact) mass is 292 g/mol. The first-order chi connectivity index (χ1) is 10.7. The minimum atomic E-state index is -0.286. The minimum Gasteiger partial charge on any atom is -0.267 e. The molecule has 0 fully saturated rings. The van der Waals surface area contributed by atoms with Crippen LogP contribution in [0.25, 0.3) is 16.9 Å². The van der Waals surface area contributed by atoms with E-state index < -0.39 is 0 Å². The van der Waals surface area contributed by atoms with E-state index in [-0.39, 0.29) is 11.4 Å². The van der Waals surface area contributed by atoms with E-state index in [2.05, 4.69) is 5.10 Å². The minimum absolute atomic E-state index is 0.162. The summed E-state index contributed by atoms with van der Waals surface area (Å²) in [5.74, 6) is -0.286. The quantitative estimate of drug-likeness (QED) is 0.690. The number of hydrogen-bond donors (Lipinski definition) is 0. The number of benzene rings is 2. The first kappa shape index (κ1) is 13.0. The van der Waals surface area contributed by atoms with E-state index in [1.807, 2.05) is 30.3 Å². The van der Waals surface area contributed by atoms with Gasteiger partial charge in [0.15, 0.2) is 0 Å². The number of rotatable bonds is 1. The maximum absolute atomic E-state index is 13.6. The molecule has 0 bridgehead atoms. The molecule has 0 atom stereocenters. The van der Waals surface area contributed by atoms with Crippen LogP contribution in [-0.4, -0.2) is 9.78 Å². The lowest BCUT2D eigenvalue weighted by Crippen LogP contribution is -2.24. The average Bonchev–Trinajstić information content (AvgIpc) is 2.55. The molecule has 3 aromatic rings. The smallest absolute Gasteiger partial charge is 0.267 e. The molecule has 0 N–H and O–H groups in total. The van der Waals surface area contributed by atoms with Crippen molar-refractivity contribution in [1.82, 2.24) is 9.78 Å². The van der Waals surface area contributed by atoms with E-state index in [1.54, 1.807) is 12.1 Å². The van der Waals surface area contributed by atoms with Crippen molar-refractivity contribution in [1.29, 1.82) is 0 Å². The third-order valence-corrected chi connectivity index (χ3v) is 4.00. The number of aromatic nitrogens is 2. The van der Waals surface area contributed by atoms with E-state index in [0.29, 0.717) is 11.4 Å². The van der Waals surface area contributed by atoms with Gasteiger partial charge in [-0.3, -0.25) is 4.79 Å². The molecular formula is C18H13FN2O. The van der Waals surface area contributed by atoms with E-state index in [4.69, 9.17) is 0 Å². The molecule has 2 aromatic carbocycles. The summed E-state index contributed by atoms with van der Waals surface area (Å²) in [6.07, 6.45) is 1.56. The largest absolute Gasteiger partial charge is 0.271 e. The van der Waals surface area contributed by atoms with Crippen LogP contribution in [0.1, 0.15) is 11.1 Å². The zero-order chi connectivity index (χ0) is 15.1. The highest BCUT2D eigenvalue weighted by Gasteiger charge is 2.20. The van der Waals surface area contributed by atoms with Crippen LogP contribution in [0.5, 0.6) is 0 Å². The van der Waals surface area contributed by atoms with Crippen molar-refractivity contribution in [2.75, 3.05) is 0 Å². The van der Waals surface area contributed by atoms with Crippen LogP contribution < -0.4 is 5.56 Å². The molecule has 0 radical (unpaired) electrons. The van der Waals surface area contributed by atoms with Gasteiger partial charge in [-0.1, -0.05) is 24.3 Å². The van der Waals surface area contributed by atoms with Gasteiger partial charge < -0.3 is 0 Å². The molecule has 0 aliphatic heterocycles. The molecule has 1 aliphatic rings. The van der Waals surface area contributed by atoms with Crippen molar-refractivity contribution in [2.24, 2.45) is 0 Å². The number of para-hydroxylation sites is 1. The Bertz CT molecular complexity index is 916. The molecule has 0 spiro atoms. The second-order valence-electron chi connectivity index (χ2n) is 5.41. The van der Waals surface area contributed by atoms with Crippen LogP contribution in [0.15, 0.2) is 59.4 Å². The van der Waals surface area contributed by atoms with Gasteiger partial charge in [0.05, 0.1) is 11.4 Å². The van der Waals surface area contributed by atoms with E-state index in [0.717, 1.165) is 29.5 Å². The van der Waals surface area contributed by atoms with Gasteiger partial charge in [0.2, 0.25) is 0 Å². The number of nitrogens with zero attached hydrogens (tertiary/aromatic N) is 2. The summed E-state index contributed by atoms with van der Waals surface area (Å²) in [6.45, 7) is 0. The van der Waals surface area contributed by atoms with Crippen LogP contribution in [0.3, 0.4) is 0 Å². The highest BCUT2D eigenvalue weighted by Crippen LogP contribution is 2.31. The summed E-state index contributed by atoms with van der Waals surface area (Å²) in [6, 6.07) is 15.6. The van der Waals surface area contributed by atoms with Crippen LogP contribution in [0.2, 0.25) is 0 Å². The molecule has 0 saturated heterocycles. The fourth-order valence-corrected chi connectivity index (χ4v) is 2.92. The molecule has 3 nitrogen and oxygen atoms in total. The van der Waals surface area contributed by atoms with Gasteiger partial charge >= 0.3 is 0 Å². The Kier molecular flexibility index (Phi) is 2.89. The maximum Gasteiger partial charge on any atom is 0.271 e. The Morgan fingerprint density at radius 1 is 0.955 bits per heavy atom. The van der Waals surface area contributed by atoms with Gasteiger partial charge in [-0.05, 0) is 48.2 Å². The van der Waals surface area contributed by atoms with Gasteiger partial charge in [-0.2, -0.15) is 9.78 Å². The topological polar surface area (TPSA) is 34.9 Å². The fourth-order valence-electron chi connectivity index (χ4n) is 2.92. The fraction of sp³-hybridized carbons (Fsp3) is 0.111. The van der Waals surface area contributed by atoms with Crippen molar-refractivity contribution in [3.63, 3.8) is 0 Å². The predicted molar refractivity (Wildman–Crippen MR) is 82.6 cm³/mol. The van der Waals surface area contributed by atoms with Crippen molar-refractivity contribution in [3.05, 3.63) is 81.9 Å². The summed E-state index contributed by atoms with van der Waals surface area (Å²) < 4.78 is 15.0. The van der Waals surface area contributed by atoms with Gasteiger partial charge in [0.25, 0.3) is 5.56 Å². The second-order valence-corrected chi connectivity index (χ2v) is 5.41. The van der Waals surface area contributed by atoms with Gasteiger partial charge in [-0.25, -0.2) is 4.39 Å². The number of aryl methyl sites for hydroxylation is 2. The summed E-state index contributed by atoms with van der Waals surface area (Å²) in [7, 11) is 0. The van der Waals surface area contributed by atoms with Crippen molar-refractivity contribution < 1.29 is 4.39 Å². The first-order valence-corrected chi connectivity index (χ1v) is 7.20. The van der Waals surface area contributed by atoms with Crippen molar-refractivity contribution in [3.8, 4) is 16.9 Å². The number of halogens is 1. The molecule has 0 saturated carbocycles. The Balaban J connectivity index is 1.97. The Morgan fingerprint density at radius 2 is 1.73 bits per heavy atom. The molecule has 0 unspecified atom stereocenters. The van der Waals surface area contributed by atoms with E-state index in [9.17, 15) is 9.18 Å². The number of fused-ring (bicyclic) bond motifs is 3. The third kappa shape index (κ3) is 2.04. The maximum atomic E-state index is 13.6. The lowest BCUT2D eigenvalue weighted by atomic mass is 9.89. The van der Waals surface area contributed by atoms with Crippen molar-refractivity contribution >= 4 is 0 Å². The lowest BCUT2D eigenvalue weighted by molar-refractivity contribution is 0.626. The SMILES string of the molecule is O=c1cc2c(nn1-c1ccccc1)-c1cc(F)ccc1CC2. The standard InChI is InChI=1S/C18H13FN2O/c19-14-9-8-12-6-7-13-10-17(22)21(15-4-2-1-3-5-15)20-18(13)16(12)11-14/h1-5,8-11H,6-7H2. The molecule has 22 heavy (non-hydrogen) atoms. The summed E-state index contributed by atoms with van der Waals surface area (Å²) >= 11 is 0.